The molecule has 0 atom stereocenters. The summed E-state index contributed by atoms with van der Waals surface area (Å²) in [6.45, 7) is 3.73. The van der Waals surface area contributed by atoms with Crippen LogP contribution in [-0.2, 0) is 0 Å². The maximum Gasteiger partial charge on any atom is 0.167 e. The van der Waals surface area contributed by atoms with Crippen LogP contribution in [0.1, 0.15) is 24.2 Å². The van der Waals surface area contributed by atoms with E-state index in [0.29, 0.717) is 11.3 Å². The smallest absolute Gasteiger partial charge is 0.167 e. The molecule has 1 rings (SSSR count). The van der Waals surface area contributed by atoms with Crippen molar-refractivity contribution in [1.82, 2.24) is 4.98 Å². The van der Waals surface area contributed by atoms with Crippen LogP contribution >= 0.6 is 0 Å². The Labute approximate surface area is 77.8 Å². The average molecular weight is 179 g/mol. The second kappa shape index (κ2) is 4.03. The van der Waals surface area contributed by atoms with Crippen molar-refractivity contribution >= 4 is 5.78 Å². The Hall–Kier alpha value is -1.38. The summed E-state index contributed by atoms with van der Waals surface area (Å²) in [5, 5.41) is 0. The van der Waals surface area contributed by atoms with Crippen LogP contribution in [0.15, 0.2) is 18.5 Å². The van der Waals surface area contributed by atoms with Crippen LogP contribution in [-0.4, -0.2) is 17.9 Å². The molecule has 1 aromatic rings. The maximum atomic E-state index is 11.5. The number of carbonyl (C=O) groups excluding carboxylic acids is 1. The van der Waals surface area contributed by atoms with Gasteiger partial charge < -0.3 is 4.74 Å². The Bertz CT molecular complexity index is 308. The molecule has 0 aliphatic rings. The summed E-state index contributed by atoms with van der Waals surface area (Å²) in [6.07, 6.45) is 3.14. The van der Waals surface area contributed by atoms with Crippen LogP contribution in [0.3, 0.4) is 0 Å². The summed E-state index contributed by atoms with van der Waals surface area (Å²) in [5.74, 6) is 0.701. The number of carbonyl (C=O) groups is 1. The Morgan fingerprint density at radius 3 is 2.69 bits per heavy atom. The molecule has 70 valence electrons. The van der Waals surface area contributed by atoms with Crippen molar-refractivity contribution in [3.05, 3.63) is 24.0 Å². The van der Waals surface area contributed by atoms with Gasteiger partial charge in [0.15, 0.2) is 5.78 Å². The molecular weight excluding hydrogens is 166 g/mol. The fourth-order valence-electron chi connectivity index (χ4n) is 0.999. The predicted octanol–water partition coefficient (Wildman–Crippen LogP) is 1.93. The molecule has 0 spiro atoms. The minimum Gasteiger partial charge on any atom is -0.495 e. The summed E-state index contributed by atoms with van der Waals surface area (Å²) in [7, 11) is 1.56. The molecule has 3 nitrogen and oxygen atoms in total. The van der Waals surface area contributed by atoms with Gasteiger partial charge >= 0.3 is 0 Å². The van der Waals surface area contributed by atoms with E-state index in [-0.39, 0.29) is 11.7 Å². The van der Waals surface area contributed by atoms with Gasteiger partial charge in [-0.05, 0) is 6.07 Å². The first-order chi connectivity index (χ1) is 6.15. The Morgan fingerprint density at radius 2 is 2.15 bits per heavy atom. The van der Waals surface area contributed by atoms with Gasteiger partial charge in [0, 0.05) is 17.7 Å². The van der Waals surface area contributed by atoms with Gasteiger partial charge in [0.05, 0.1) is 13.3 Å². The van der Waals surface area contributed by atoms with Gasteiger partial charge in [-0.1, -0.05) is 13.8 Å². The molecule has 0 aromatic carbocycles. The van der Waals surface area contributed by atoms with E-state index in [1.807, 2.05) is 13.8 Å². The quantitative estimate of drug-likeness (QED) is 0.665. The number of nitrogens with zero attached hydrogens (tertiary/aromatic N) is 1. The first-order valence-electron chi connectivity index (χ1n) is 4.18. The maximum absolute atomic E-state index is 11.5. The lowest BCUT2D eigenvalue weighted by molar-refractivity contribution is 0.0938. The highest BCUT2D eigenvalue weighted by atomic mass is 16.5. The molecule has 0 saturated carbocycles. The zero-order valence-electron chi connectivity index (χ0n) is 8.07. The summed E-state index contributed by atoms with van der Waals surface area (Å²) < 4.78 is 4.97. The molecule has 0 N–H and O–H groups in total. The van der Waals surface area contributed by atoms with Gasteiger partial charge in [0.1, 0.15) is 5.75 Å². The van der Waals surface area contributed by atoms with Crippen LogP contribution < -0.4 is 4.74 Å². The van der Waals surface area contributed by atoms with Gasteiger partial charge in [0.2, 0.25) is 0 Å². The standard InChI is InChI=1S/C10H13NO2/c1-7(2)10(12)8-4-9(13-3)6-11-5-8/h4-7H,1-3H3. The zero-order chi connectivity index (χ0) is 9.84. The molecular formula is C10H13NO2. The number of pyridine rings is 1. The van der Waals surface area contributed by atoms with Crippen molar-refractivity contribution in [3.8, 4) is 5.75 Å². The summed E-state index contributed by atoms with van der Waals surface area (Å²) in [4.78, 5) is 15.4. The van der Waals surface area contributed by atoms with Crippen molar-refractivity contribution in [2.24, 2.45) is 5.92 Å². The molecule has 0 aliphatic carbocycles. The van der Waals surface area contributed by atoms with E-state index in [9.17, 15) is 4.79 Å². The van der Waals surface area contributed by atoms with Crippen molar-refractivity contribution < 1.29 is 9.53 Å². The molecule has 0 fully saturated rings. The lowest BCUT2D eigenvalue weighted by atomic mass is 10.0. The van der Waals surface area contributed by atoms with Crippen molar-refractivity contribution in [3.63, 3.8) is 0 Å². The average Bonchev–Trinajstić information content (AvgIpc) is 2.16. The van der Waals surface area contributed by atoms with Crippen molar-refractivity contribution in [2.75, 3.05) is 7.11 Å². The minimum absolute atomic E-state index is 0.00564. The number of ketones is 1. The highest BCUT2D eigenvalue weighted by molar-refractivity contribution is 5.97. The molecule has 0 unspecified atom stereocenters. The van der Waals surface area contributed by atoms with Crippen LogP contribution in [0.2, 0.25) is 0 Å². The molecule has 1 heterocycles. The largest absolute Gasteiger partial charge is 0.495 e. The molecule has 0 amide bonds. The first kappa shape index (κ1) is 9.71. The molecule has 1 aromatic heterocycles. The third-order valence-electron chi connectivity index (χ3n) is 1.76. The van der Waals surface area contributed by atoms with Crippen LogP contribution in [0.25, 0.3) is 0 Å². The molecule has 0 bridgehead atoms. The van der Waals surface area contributed by atoms with Gasteiger partial charge in [0.25, 0.3) is 0 Å². The fourth-order valence-corrected chi connectivity index (χ4v) is 0.999. The lowest BCUT2D eigenvalue weighted by Crippen LogP contribution is -2.07. The van der Waals surface area contributed by atoms with Crippen LogP contribution in [0.4, 0.5) is 0 Å². The Kier molecular flexibility index (Phi) is 3.01. The highest BCUT2D eigenvalue weighted by Crippen LogP contribution is 2.13. The topological polar surface area (TPSA) is 39.2 Å². The molecule has 13 heavy (non-hydrogen) atoms. The number of ether oxygens (including phenoxy) is 1. The third-order valence-corrected chi connectivity index (χ3v) is 1.76. The Balaban J connectivity index is 2.95. The van der Waals surface area contributed by atoms with E-state index in [1.165, 1.54) is 0 Å². The molecule has 3 heteroatoms. The van der Waals surface area contributed by atoms with Crippen LogP contribution in [0.5, 0.6) is 5.75 Å². The zero-order valence-corrected chi connectivity index (χ0v) is 8.07. The number of Topliss-reactive ketones (excluding diaryl/α,β-unsaturated/α-hetero) is 1. The van der Waals surface area contributed by atoms with Crippen LogP contribution in [0, 0.1) is 5.92 Å². The van der Waals surface area contributed by atoms with E-state index >= 15 is 0 Å². The molecule has 0 aliphatic heterocycles. The predicted molar refractivity (Wildman–Crippen MR) is 50.0 cm³/mol. The van der Waals surface area contributed by atoms with Gasteiger partial charge in [-0.3, -0.25) is 9.78 Å². The van der Waals surface area contributed by atoms with Gasteiger partial charge in [-0.15, -0.1) is 0 Å². The number of hydrogen-bond donors (Lipinski definition) is 0. The highest BCUT2D eigenvalue weighted by Gasteiger charge is 2.10. The second-order valence-corrected chi connectivity index (χ2v) is 3.13. The number of hydrogen-bond acceptors (Lipinski definition) is 3. The van der Waals surface area contributed by atoms with Crippen molar-refractivity contribution in [2.45, 2.75) is 13.8 Å². The first-order valence-corrected chi connectivity index (χ1v) is 4.18. The minimum atomic E-state index is -0.00564. The molecule has 0 saturated heterocycles. The van der Waals surface area contributed by atoms with Gasteiger partial charge in [-0.2, -0.15) is 0 Å². The lowest BCUT2D eigenvalue weighted by Gasteiger charge is -2.04. The second-order valence-electron chi connectivity index (χ2n) is 3.13. The van der Waals surface area contributed by atoms with E-state index in [4.69, 9.17) is 4.74 Å². The SMILES string of the molecule is COc1cncc(C(=O)C(C)C)c1. The fraction of sp³-hybridized carbons (Fsp3) is 0.400. The van der Waals surface area contributed by atoms with E-state index in [1.54, 1.807) is 25.6 Å². The number of methoxy groups -OCH3 is 1. The third kappa shape index (κ3) is 2.28. The molecule has 0 radical (unpaired) electrons. The van der Waals surface area contributed by atoms with E-state index in [2.05, 4.69) is 4.98 Å². The van der Waals surface area contributed by atoms with Crippen molar-refractivity contribution in [1.29, 1.82) is 0 Å². The Morgan fingerprint density at radius 1 is 1.46 bits per heavy atom. The summed E-state index contributed by atoms with van der Waals surface area (Å²) >= 11 is 0. The van der Waals surface area contributed by atoms with E-state index in [0.717, 1.165) is 0 Å². The van der Waals surface area contributed by atoms with Gasteiger partial charge in [-0.25, -0.2) is 0 Å². The monoisotopic (exact) mass is 179 g/mol. The van der Waals surface area contributed by atoms with E-state index < -0.39 is 0 Å². The summed E-state index contributed by atoms with van der Waals surface area (Å²) in [5.41, 5.74) is 0.606. The summed E-state index contributed by atoms with van der Waals surface area (Å²) in [6, 6.07) is 1.70. The number of rotatable bonds is 3. The normalized spacial score (nSPS) is 10.2. The number of aromatic nitrogens is 1.